The van der Waals surface area contributed by atoms with Gasteiger partial charge in [-0.25, -0.2) is 8.78 Å². The standard InChI is InChI=1S/C11H8ClF2NS/c12-8(11-5-15-6-16-11)4-7-9(13)2-1-3-10(7)14/h1-3,5-6,8H,4H2. The van der Waals surface area contributed by atoms with Gasteiger partial charge in [-0.3, -0.25) is 4.98 Å². The Kier molecular flexibility index (Phi) is 3.51. The Bertz CT molecular complexity index is 453. The predicted octanol–water partition coefficient (Wildman–Crippen LogP) is 3.94. The highest BCUT2D eigenvalue weighted by Gasteiger charge is 2.16. The van der Waals surface area contributed by atoms with Crippen LogP contribution in [-0.4, -0.2) is 4.98 Å². The third kappa shape index (κ3) is 2.39. The molecule has 2 rings (SSSR count). The number of benzene rings is 1. The summed E-state index contributed by atoms with van der Waals surface area (Å²) in [6, 6.07) is 3.80. The van der Waals surface area contributed by atoms with E-state index in [4.69, 9.17) is 11.6 Å². The monoisotopic (exact) mass is 259 g/mol. The average Bonchev–Trinajstić information content (AvgIpc) is 2.76. The zero-order valence-corrected chi connectivity index (χ0v) is 9.73. The highest BCUT2D eigenvalue weighted by molar-refractivity contribution is 7.09. The van der Waals surface area contributed by atoms with Crippen LogP contribution < -0.4 is 0 Å². The third-order valence-corrected chi connectivity index (χ3v) is 3.61. The van der Waals surface area contributed by atoms with Gasteiger partial charge in [0.1, 0.15) is 11.6 Å². The van der Waals surface area contributed by atoms with E-state index < -0.39 is 17.0 Å². The Balaban J connectivity index is 2.21. The molecule has 1 aromatic carbocycles. The fourth-order valence-electron chi connectivity index (χ4n) is 1.39. The lowest BCUT2D eigenvalue weighted by Crippen LogP contribution is -2.00. The molecule has 0 saturated carbocycles. The van der Waals surface area contributed by atoms with Crippen LogP contribution in [0, 0.1) is 11.6 Å². The molecule has 1 atom stereocenters. The highest BCUT2D eigenvalue weighted by Crippen LogP contribution is 2.29. The SMILES string of the molecule is Fc1cccc(F)c1CC(Cl)c1cncs1. The zero-order chi connectivity index (χ0) is 11.5. The molecule has 0 aliphatic heterocycles. The maximum Gasteiger partial charge on any atom is 0.129 e. The van der Waals surface area contributed by atoms with Gasteiger partial charge >= 0.3 is 0 Å². The van der Waals surface area contributed by atoms with Crippen molar-refractivity contribution in [3.05, 3.63) is 52.0 Å². The van der Waals surface area contributed by atoms with Gasteiger partial charge in [-0.2, -0.15) is 0 Å². The summed E-state index contributed by atoms with van der Waals surface area (Å²) in [6.07, 6.45) is 1.74. The molecule has 84 valence electrons. The molecule has 1 heterocycles. The minimum absolute atomic E-state index is 0.0240. The van der Waals surface area contributed by atoms with Gasteiger partial charge in [0.15, 0.2) is 0 Å². The summed E-state index contributed by atoms with van der Waals surface area (Å²) in [5, 5.41) is -0.445. The molecule has 0 N–H and O–H groups in total. The van der Waals surface area contributed by atoms with Crippen LogP contribution in [0.5, 0.6) is 0 Å². The van der Waals surface area contributed by atoms with Crippen molar-refractivity contribution < 1.29 is 8.78 Å². The van der Waals surface area contributed by atoms with E-state index >= 15 is 0 Å². The molecule has 0 aliphatic carbocycles. The van der Waals surface area contributed by atoms with Crippen molar-refractivity contribution in [2.75, 3.05) is 0 Å². The van der Waals surface area contributed by atoms with E-state index in [1.54, 1.807) is 11.7 Å². The number of alkyl halides is 1. The van der Waals surface area contributed by atoms with Crippen LogP contribution in [0.3, 0.4) is 0 Å². The fraction of sp³-hybridized carbons (Fsp3) is 0.182. The van der Waals surface area contributed by atoms with Gasteiger partial charge in [0.2, 0.25) is 0 Å². The second-order valence-corrected chi connectivity index (χ2v) is 4.72. The van der Waals surface area contributed by atoms with Crippen LogP contribution in [0.4, 0.5) is 8.78 Å². The summed E-state index contributed by atoms with van der Waals surface area (Å²) in [7, 11) is 0. The van der Waals surface area contributed by atoms with Crippen LogP contribution in [0.2, 0.25) is 0 Å². The number of thiazole rings is 1. The van der Waals surface area contributed by atoms with Crippen molar-refractivity contribution in [1.29, 1.82) is 0 Å². The van der Waals surface area contributed by atoms with Crippen LogP contribution in [0.25, 0.3) is 0 Å². The van der Waals surface area contributed by atoms with Crippen LogP contribution >= 0.6 is 22.9 Å². The number of rotatable bonds is 3. The van der Waals surface area contributed by atoms with Gasteiger partial charge in [0, 0.05) is 16.6 Å². The van der Waals surface area contributed by atoms with E-state index in [2.05, 4.69) is 4.98 Å². The highest BCUT2D eigenvalue weighted by atomic mass is 35.5. The minimum atomic E-state index is -0.560. The number of halogens is 3. The summed E-state index contributed by atoms with van der Waals surface area (Å²) in [4.78, 5) is 4.69. The van der Waals surface area contributed by atoms with Gasteiger partial charge in [0.05, 0.1) is 10.9 Å². The van der Waals surface area contributed by atoms with Crippen LogP contribution in [0.1, 0.15) is 15.8 Å². The molecule has 0 fully saturated rings. The molecule has 1 nitrogen and oxygen atoms in total. The Morgan fingerprint density at radius 3 is 2.56 bits per heavy atom. The smallest absolute Gasteiger partial charge is 0.129 e. The van der Waals surface area contributed by atoms with Crippen LogP contribution in [0.15, 0.2) is 29.9 Å². The number of aromatic nitrogens is 1. The molecular formula is C11H8ClF2NS. The predicted molar refractivity (Wildman–Crippen MR) is 60.8 cm³/mol. The molecule has 0 spiro atoms. The maximum absolute atomic E-state index is 13.3. The van der Waals surface area contributed by atoms with Crippen LogP contribution in [-0.2, 0) is 6.42 Å². The van der Waals surface area contributed by atoms with E-state index in [-0.39, 0.29) is 12.0 Å². The molecule has 1 unspecified atom stereocenters. The molecule has 0 saturated heterocycles. The van der Waals surface area contributed by atoms with Crippen molar-refractivity contribution in [2.45, 2.75) is 11.8 Å². The maximum atomic E-state index is 13.3. The van der Waals surface area contributed by atoms with Gasteiger partial charge in [-0.05, 0) is 18.6 Å². The Morgan fingerprint density at radius 1 is 1.31 bits per heavy atom. The summed E-state index contributed by atoms with van der Waals surface area (Å²) in [6.45, 7) is 0. The van der Waals surface area contributed by atoms with Gasteiger partial charge in [0.25, 0.3) is 0 Å². The van der Waals surface area contributed by atoms with Crippen molar-refractivity contribution in [2.24, 2.45) is 0 Å². The first kappa shape index (κ1) is 11.5. The molecule has 0 aliphatic rings. The summed E-state index contributed by atoms with van der Waals surface area (Å²) < 4.78 is 26.7. The first-order valence-electron chi connectivity index (χ1n) is 4.64. The molecule has 5 heteroatoms. The second-order valence-electron chi connectivity index (χ2n) is 3.28. The largest absolute Gasteiger partial charge is 0.253 e. The van der Waals surface area contributed by atoms with Crippen molar-refractivity contribution in [3.63, 3.8) is 0 Å². The molecule has 2 aromatic rings. The Morgan fingerprint density at radius 2 is 2.00 bits per heavy atom. The Labute approximate surface area is 101 Å². The van der Waals surface area contributed by atoms with Gasteiger partial charge in [-0.15, -0.1) is 22.9 Å². The van der Waals surface area contributed by atoms with Crippen molar-refractivity contribution in [3.8, 4) is 0 Å². The number of hydrogen-bond acceptors (Lipinski definition) is 2. The summed E-state index contributed by atoms with van der Waals surface area (Å²) in [5.41, 5.74) is 1.67. The minimum Gasteiger partial charge on any atom is -0.253 e. The first-order chi connectivity index (χ1) is 7.68. The molecule has 16 heavy (non-hydrogen) atoms. The molecule has 0 amide bonds. The normalized spacial score (nSPS) is 12.7. The average molecular weight is 260 g/mol. The van der Waals surface area contributed by atoms with Crippen molar-refractivity contribution >= 4 is 22.9 Å². The van der Waals surface area contributed by atoms with Crippen molar-refractivity contribution in [1.82, 2.24) is 4.98 Å². The molecule has 0 radical (unpaired) electrons. The Hall–Kier alpha value is -1.00. The molecular weight excluding hydrogens is 252 g/mol. The van der Waals surface area contributed by atoms with Gasteiger partial charge < -0.3 is 0 Å². The summed E-state index contributed by atoms with van der Waals surface area (Å²) in [5.74, 6) is -1.12. The second kappa shape index (κ2) is 4.89. The number of nitrogens with zero attached hydrogens (tertiary/aromatic N) is 1. The lowest BCUT2D eigenvalue weighted by atomic mass is 10.1. The zero-order valence-electron chi connectivity index (χ0n) is 8.16. The third-order valence-electron chi connectivity index (χ3n) is 2.21. The first-order valence-corrected chi connectivity index (χ1v) is 5.95. The number of hydrogen-bond donors (Lipinski definition) is 0. The van der Waals surface area contributed by atoms with E-state index in [9.17, 15) is 8.78 Å². The molecule has 1 aromatic heterocycles. The van der Waals surface area contributed by atoms with E-state index in [1.165, 1.54) is 29.5 Å². The summed E-state index contributed by atoms with van der Waals surface area (Å²) >= 11 is 7.44. The van der Waals surface area contributed by atoms with E-state index in [0.29, 0.717) is 0 Å². The quantitative estimate of drug-likeness (QED) is 0.761. The van der Waals surface area contributed by atoms with E-state index in [0.717, 1.165) is 4.88 Å². The topological polar surface area (TPSA) is 12.9 Å². The van der Waals surface area contributed by atoms with E-state index in [1.807, 2.05) is 0 Å². The molecule has 0 bridgehead atoms. The lowest BCUT2D eigenvalue weighted by molar-refractivity contribution is 0.553. The lowest BCUT2D eigenvalue weighted by Gasteiger charge is -2.08. The fourth-order valence-corrected chi connectivity index (χ4v) is 2.35. The van der Waals surface area contributed by atoms with Gasteiger partial charge in [-0.1, -0.05) is 6.07 Å².